The molecule has 0 spiro atoms. The molecule has 1 aromatic heterocycles. The predicted octanol–water partition coefficient (Wildman–Crippen LogP) is 1.99. The number of hydrogen-bond acceptors (Lipinski definition) is 4. The first-order chi connectivity index (χ1) is 10.0. The zero-order valence-electron chi connectivity index (χ0n) is 12.3. The van der Waals surface area contributed by atoms with Gasteiger partial charge in [0.15, 0.2) is 0 Å². The molecule has 1 aromatic carbocycles. The van der Waals surface area contributed by atoms with Crippen LogP contribution in [0, 0.1) is 6.92 Å². The van der Waals surface area contributed by atoms with Crippen LogP contribution in [-0.4, -0.2) is 54.2 Å². The van der Waals surface area contributed by atoms with Gasteiger partial charge in [-0.2, -0.15) is 0 Å². The van der Waals surface area contributed by atoms with E-state index in [0.29, 0.717) is 0 Å². The van der Waals surface area contributed by atoms with Gasteiger partial charge in [-0.15, -0.1) is 0 Å². The average molecular weight is 285 g/mol. The molecule has 5 nitrogen and oxygen atoms in total. The maximum Gasteiger partial charge on any atom is 0.335 e. The van der Waals surface area contributed by atoms with E-state index in [1.165, 1.54) is 0 Å². The third-order valence-corrected chi connectivity index (χ3v) is 4.01. The fraction of sp³-hybridized carbons (Fsp3) is 0.375. The molecule has 0 bridgehead atoms. The molecular formula is C16H19N3O2. The van der Waals surface area contributed by atoms with E-state index in [-0.39, 0.29) is 5.56 Å². The number of piperazine rings is 1. The highest BCUT2D eigenvalue weighted by Gasteiger charge is 2.17. The van der Waals surface area contributed by atoms with Crippen molar-refractivity contribution >= 4 is 22.6 Å². The lowest BCUT2D eigenvalue weighted by Gasteiger charge is -2.34. The first-order valence-corrected chi connectivity index (χ1v) is 7.13. The van der Waals surface area contributed by atoms with Gasteiger partial charge in [0.25, 0.3) is 0 Å². The molecule has 1 saturated heterocycles. The van der Waals surface area contributed by atoms with Crippen molar-refractivity contribution in [2.24, 2.45) is 0 Å². The number of anilines is 1. The van der Waals surface area contributed by atoms with Gasteiger partial charge in [-0.05, 0) is 38.2 Å². The predicted molar refractivity (Wildman–Crippen MR) is 83.1 cm³/mol. The maximum atomic E-state index is 11.1. The van der Waals surface area contributed by atoms with Gasteiger partial charge in [-0.1, -0.05) is 0 Å². The molecule has 110 valence electrons. The van der Waals surface area contributed by atoms with Crippen LogP contribution in [0.3, 0.4) is 0 Å². The second-order valence-corrected chi connectivity index (χ2v) is 5.61. The minimum absolute atomic E-state index is 0.282. The topological polar surface area (TPSA) is 56.7 Å². The van der Waals surface area contributed by atoms with E-state index in [1.807, 2.05) is 13.0 Å². The fourth-order valence-corrected chi connectivity index (χ4v) is 2.78. The largest absolute Gasteiger partial charge is 0.478 e. The van der Waals surface area contributed by atoms with Crippen molar-refractivity contribution in [1.82, 2.24) is 9.88 Å². The van der Waals surface area contributed by atoms with Gasteiger partial charge in [0.1, 0.15) is 0 Å². The zero-order chi connectivity index (χ0) is 15.0. The summed E-state index contributed by atoms with van der Waals surface area (Å²) in [5.74, 6) is -0.915. The number of nitrogens with zero attached hydrogens (tertiary/aromatic N) is 3. The first kappa shape index (κ1) is 13.8. The lowest BCUT2D eigenvalue weighted by Crippen LogP contribution is -2.44. The number of pyridine rings is 1. The Hall–Kier alpha value is -2.14. The number of carbonyl (C=O) groups is 1. The molecule has 0 aliphatic carbocycles. The number of carboxylic acid groups (broad SMARTS) is 1. The van der Waals surface area contributed by atoms with Gasteiger partial charge in [0.2, 0.25) is 0 Å². The Kier molecular flexibility index (Phi) is 3.51. The summed E-state index contributed by atoms with van der Waals surface area (Å²) >= 11 is 0. The van der Waals surface area contributed by atoms with E-state index in [4.69, 9.17) is 5.11 Å². The SMILES string of the molecule is Cc1cc(N2CCN(C)CC2)c2ccc(C(=O)O)cc2n1. The molecule has 5 heteroatoms. The van der Waals surface area contributed by atoms with E-state index in [1.54, 1.807) is 12.1 Å². The van der Waals surface area contributed by atoms with Gasteiger partial charge in [0.05, 0.1) is 11.1 Å². The third kappa shape index (κ3) is 2.69. The number of aromatic nitrogens is 1. The number of rotatable bonds is 2. The highest BCUT2D eigenvalue weighted by molar-refractivity contribution is 5.97. The number of benzene rings is 1. The zero-order valence-corrected chi connectivity index (χ0v) is 12.3. The Labute approximate surface area is 123 Å². The molecule has 2 heterocycles. The molecule has 1 aliphatic rings. The lowest BCUT2D eigenvalue weighted by molar-refractivity contribution is 0.0697. The summed E-state index contributed by atoms with van der Waals surface area (Å²) in [6.45, 7) is 5.99. The van der Waals surface area contributed by atoms with E-state index >= 15 is 0 Å². The van der Waals surface area contributed by atoms with Gasteiger partial charge in [-0.3, -0.25) is 4.98 Å². The second-order valence-electron chi connectivity index (χ2n) is 5.61. The smallest absolute Gasteiger partial charge is 0.335 e. The fourth-order valence-electron chi connectivity index (χ4n) is 2.78. The van der Waals surface area contributed by atoms with E-state index < -0.39 is 5.97 Å². The first-order valence-electron chi connectivity index (χ1n) is 7.13. The molecule has 2 aromatic rings. The Balaban J connectivity index is 2.07. The Morgan fingerprint density at radius 2 is 1.90 bits per heavy atom. The normalized spacial score (nSPS) is 16.4. The molecule has 1 N–H and O–H groups in total. The summed E-state index contributed by atoms with van der Waals surface area (Å²) in [7, 11) is 2.13. The molecule has 0 radical (unpaired) electrons. The number of carboxylic acids is 1. The van der Waals surface area contributed by atoms with Crippen LogP contribution < -0.4 is 4.90 Å². The molecule has 3 rings (SSSR count). The molecule has 0 atom stereocenters. The Morgan fingerprint density at radius 1 is 1.19 bits per heavy atom. The highest BCUT2D eigenvalue weighted by atomic mass is 16.4. The standard InChI is InChI=1S/C16H19N3O2/c1-11-9-15(19-7-5-18(2)6-8-19)13-4-3-12(16(20)21)10-14(13)17-11/h3-4,9-10H,5-8H2,1-2H3,(H,20,21). The van der Waals surface area contributed by atoms with Crippen molar-refractivity contribution in [3.63, 3.8) is 0 Å². The van der Waals surface area contributed by atoms with Crippen LogP contribution in [-0.2, 0) is 0 Å². The van der Waals surface area contributed by atoms with Gasteiger partial charge < -0.3 is 14.9 Å². The molecular weight excluding hydrogens is 266 g/mol. The number of likely N-dealkylation sites (N-methyl/N-ethyl adjacent to an activating group) is 1. The molecule has 0 unspecified atom stereocenters. The Morgan fingerprint density at radius 3 is 2.57 bits per heavy atom. The molecule has 1 aliphatic heterocycles. The van der Waals surface area contributed by atoms with Crippen molar-refractivity contribution in [2.45, 2.75) is 6.92 Å². The van der Waals surface area contributed by atoms with Crippen molar-refractivity contribution in [2.75, 3.05) is 38.1 Å². The highest BCUT2D eigenvalue weighted by Crippen LogP contribution is 2.28. The van der Waals surface area contributed by atoms with Crippen molar-refractivity contribution in [3.05, 3.63) is 35.5 Å². The average Bonchev–Trinajstić information content (AvgIpc) is 2.46. The van der Waals surface area contributed by atoms with Crippen molar-refractivity contribution in [3.8, 4) is 0 Å². The molecule has 1 fully saturated rings. The van der Waals surface area contributed by atoms with E-state index in [2.05, 4.69) is 27.9 Å². The number of aromatic carboxylic acids is 1. The third-order valence-electron chi connectivity index (χ3n) is 4.01. The Bertz CT molecular complexity index is 691. The van der Waals surface area contributed by atoms with Crippen LogP contribution in [0.2, 0.25) is 0 Å². The minimum Gasteiger partial charge on any atom is -0.478 e. The molecule has 21 heavy (non-hydrogen) atoms. The second kappa shape index (κ2) is 5.33. The molecule has 0 amide bonds. The lowest BCUT2D eigenvalue weighted by atomic mass is 10.1. The van der Waals surface area contributed by atoms with Gasteiger partial charge >= 0.3 is 5.97 Å². The number of fused-ring (bicyclic) bond motifs is 1. The summed E-state index contributed by atoms with van der Waals surface area (Å²) in [5, 5.41) is 10.1. The molecule has 0 saturated carbocycles. The van der Waals surface area contributed by atoms with Crippen molar-refractivity contribution < 1.29 is 9.90 Å². The monoisotopic (exact) mass is 285 g/mol. The summed E-state index contributed by atoms with van der Waals surface area (Å²) < 4.78 is 0. The summed E-state index contributed by atoms with van der Waals surface area (Å²) in [6, 6.07) is 7.28. The van der Waals surface area contributed by atoms with Crippen molar-refractivity contribution in [1.29, 1.82) is 0 Å². The van der Waals surface area contributed by atoms with Crippen LogP contribution in [0.25, 0.3) is 10.9 Å². The number of hydrogen-bond donors (Lipinski definition) is 1. The summed E-state index contributed by atoms with van der Waals surface area (Å²) in [6.07, 6.45) is 0. The van der Waals surface area contributed by atoms with E-state index in [0.717, 1.165) is 48.5 Å². The number of aryl methyl sites for hydroxylation is 1. The quantitative estimate of drug-likeness (QED) is 0.914. The minimum atomic E-state index is -0.915. The van der Waals surface area contributed by atoms with Crippen LogP contribution in [0.5, 0.6) is 0 Å². The van der Waals surface area contributed by atoms with Crippen LogP contribution in [0.15, 0.2) is 24.3 Å². The summed E-state index contributed by atoms with van der Waals surface area (Å²) in [5.41, 5.74) is 3.11. The van der Waals surface area contributed by atoms with Crippen LogP contribution in [0.1, 0.15) is 16.1 Å². The van der Waals surface area contributed by atoms with Crippen LogP contribution >= 0.6 is 0 Å². The summed E-state index contributed by atoms with van der Waals surface area (Å²) in [4.78, 5) is 20.3. The maximum absolute atomic E-state index is 11.1. The van der Waals surface area contributed by atoms with E-state index in [9.17, 15) is 4.79 Å². The van der Waals surface area contributed by atoms with Gasteiger partial charge in [0, 0.05) is 42.9 Å². The van der Waals surface area contributed by atoms with Gasteiger partial charge in [-0.25, -0.2) is 4.79 Å². The van der Waals surface area contributed by atoms with Crippen LogP contribution in [0.4, 0.5) is 5.69 Å².